The summed E-state index contributed by atoms with van der Waals surface area (Å²) in [6.07, 6.45) is 5.96. The molecular weight excluding hydrogens is 494 g/mol. The molecule has 0 radical (unpaired) electrons. The molecule has 6 nitrogen and oxygen atoms in total. The van der Waals surface area contributed by atoms with Crippen LogP contribution in [0.2, 0.25) is 0 Å². The van der Waals surface area contributed by atoms with Gasteiger partial charge in [-0.1, -0.05) is 65.9 Å². The summed E-state index contributed by atoms with van der Waals surface area (Å²) in [5.74, 6) is -0.141. The van der Waals surface area contributed by atoms with E-state index in [4.69, 9.17) is 4.99 Å². The normalized spacial score (nSPS) is 13.3. The molecule has 38 heavy (non-hydrogen) atoms. The summed E-state index contributed by atoms with van der Waals surface area (Å²) in [7, 11) is 2.11. The largest absolute Gasteiger partial charge is 0.374 e. The van der Waals surface area contributed by atoms with E-state index in [0.29, 0.717) is 5.17 Å². The molecule has 7 heteroatoms. The summed E-state index contributed by atoms with van der Waals surface area (Å²) < 4.78 is 0. The molecule has 0 saturated carbocycles. The average Bonchev–Trinajstić information content (AvgIpc) is 3.42. The van der Waals surface area contributed by atoms with Gasteiger partial charge >= 0.3 is 0 Å². The quantitative estimate of drug-likeness (QED) is 0.217. The molecule has 1 aliphatic rings. The molecule has 0 bridgehead atoms. The Hall–Kier alpha value is -3.97. The Kier molecular flexibility index (Phi) is 8.59. The number of carbonyl (C=O) groups excluding carboxylic acids is 2. The third kappa shape index (κ3) is 6.47. The van der Waals surface area contributed by atoms with Crippen LogP contribution in [0.4, 0.5) is 5.69 Å². The van der Waals surface area contributed by atoms with Crippen LogP contribution in [0.1, 0.15) is 39.5 Å². The second-order valence-electron chi connectivity index (χ2n) is 9.27. The SMILES string of the molecule is C/C=C(/N=C(NC(=O)Cc1ccc2c(=O)c2c1)SC)c1ccc2c(c1)CCN2C.Cc1ccc(C=O)cc1. The van der Waals surface area contributed by atoms with E-state index in [9.17, 15) is 14.4 Å². The van der Waals surface area contributed by atoms with Gasteiger partial charge in [0.1, 0.15) is 6.29 Å². The van der Waals surface area contributed by atoms with Crippen LogP contribution in [0.15, 0.2) is 76.5 Å². The predicted molar refractivity (Wildman–Crippen MR) is 159 cm³/mol. The number of benzene rings is 3. The van der Waals surface area contributed by atoms with E-state index >= 15 is 0 Å². The number of hydrogen-bond donors (Lipinski definition) is 1. The summed E-state index contributed by atoms with van der Waals surface area (Å²) in [4.78, 5) is 41.0. The van der Waals surface area contributed by atoms with Gasteiger partial charge < -0.3 is 10.2 Å². The molecule has 4 aromatic rings. The van der Waals surface area contributed by atoms with Gasteiger partial charge in [-0.2, -0.15) is 0 Å². The van der Waals surface area contributed by atoms with E-state index < -0.39 is 0 Å². The summed E-state index contributed by atoms with van der Waals surface area (Å²) in [5.41, 5.74) is 7.32. The van der Waals surface area contributed by atoms with Gasteiger partial charge in [-0.05, 0) is 55.9 Å². The fourth-order valence-electron chi connectivity index (χ4n) is 4.29. The van der Waals surface area contributed by atoms with Gasteiger partial charge in [-0.25, -0.2) is 4.99 Å². The molecule has 194 valence electrons. The number of aryl methyl sites for hydroxylation is 1. The number of nitrogens with one attached hydrogen (secondary N) is 1. The number of likely N-dealkylation sites (N-methyl/N-ethyl adjacent to an activating group) is 1. The highest BCUT2D eigenvalue weighted by Gasteiger charge is 2.17. The molecule has 0 aromatic heterocycles. The van der Waals surface area contributed by atoms with Crippen LogP contribution < -0.4 is 15.6 Å². The maximum absolute atomic E-state index is 12.5. The number of amides is 1. The van der Waals surface area contributed by atoms with Gasteiger partial charge in [0.05, 0.1) is 12.1 Å². The first kappa shape index (κ1) is 27.1. The van der Waals surface area contributed by atoms with Gasteiger partial charge in [0.25, 0.3) is 0 Å². The van der Waals surface area contributed by atoms with Crippen molar-refractivity contribution in [2.24, 2.45) is 4.99 Å². The maximum atomic E-state index is 12.5. The maximum Gasteiger partial charge on any atom is 0.230 e. The van der Waals surface area contributed by atoms with E-state index in [1.54, 1.807) is 12.1 Å². The highest BCUT2D eigenvalue weighted by molar-refractivity contribution is 8.13. The highest BCUT2D eigenvalue weighted by atomic mass is 32.2. The molecule has 0 unspecified atom stereocenters. The molecule has 1 amide bonds. The number of anilines is 1. The lowest BCUT2D eigenvalue weighted by Gasteiger charge is -2.13. The molecule has 0 aliphatic carbocycles. The van der Waals surface area contributed by atoms with Gasteiger partial charge in [0, 0.05) is 41.2 Å². The van der Waals surface area contributed by atoms with Crippen molar-refractivity contribution in [2.75, 3.05) is 24.7 Å². The average molecular weight is 526 g/mol. The smallest absolute Gasteiger partial charge is 0.230 e. The Bertz CT molecular complexity index is 1540. The molecular formula is C31H31N3O3S. The van der Waals surface area contributed by atoms with Gasteiger partial charge in [0.15, 0.2) is 10.6 Å². The predicted octanol–water partition coefficient (Wildman–Crippen LogP) is 5.31. The first-order valence-electron chi connectivity index (χ1n) is 12.5. The minimum Gasteiger partial charge on any atom is -0.374 e. The fourth-order valence-corrected chi connectivity index (χ4v) is 4.70. The number of thioether (sulfide) groups is 1. The van der Waals surface area contributed by atoms with Crippen LogP contribution in [-0.2, 0) is 17.6 Å². The Morgan fingerprint density at radius 1 is 1.08 bits per heavy atom. The van der Waals surface area contributed by atoms with Crippen LogP contribution in [0.25, 0.3) is 16.5 Å². The van der Waals surface area contributed by atoms with Gasteiger partial charge in [-0.15, -0.1) is 0 Å². The van der Waals surface area contributed by atoms with Crippen molar-refractivity contribution in [3.63, 3.8) is 0 Å². The number of nitrogens with zero attached hydrogens (tertiary/aromatic N) is 2. The van der Waals surface area contributed by atoms with Crippen molar-refractivity contribution >= 4 is 51.3 Å². The first-order valence-corrected chi connectivity index (χ1v) is 13.7. The Morgan fingerprint density at radius 3 is 2.50 bits per heavy atom. The molecule has 0 spiro atoms. The molecule has 0 saturated heterocycles. The number of carbonyl (C=O) groups is 2. The third-order valence-corrected chi connectivity index (χ3v) is 7.11. The lowest BCUT2D eigenvalue weighted by atomic mass is 10.1. The van der Waals surface area contributed by atoms with Crippen LogP contribution >= 0.6 is 11.8 Å². The molecule has 1 aliphatic heterocycles. The van der Waals surface area contributed by atoms with Gasteiger partial charge in [-0.3, -0.25) is 14.4 Å². The fraction of sp³-hybridized carbons (Fsp3) is 0.226. The number of amidine groups is 1. The number of aliphatic imine (C=N–C) groups is 1. The van der Waals surface area contributed by atoms with Crippen LogP contribution in [0, 0.1) is 6.92 Å². The topological polar surface area (TPSA) is 78.8 Å². The Balaban J connectivity index is 0.000000317. The number of fused-ring (bicyclic) bond motifs is 2. The van der Waals surface area contributed by atoms with E-state index in [-0.39, 0.29) is 17.8 Å². The molecule has 0 fully saturated rings. The van der Waals surface area contributed by atoms with Crippen molar-refractivity contribution in [1.82, 2.24) is 5.32 Å². The number of rotatable bonds is 5. The zero-order chi connectivity index (χ0) is 27.2. The van der Waals surface area contributed by atoms with Crippen LogP contribution in [-0.4, -0.2) is 37.2 Å². The van der Waals surface area contributed by atoms with Crippen molar-refractivity contribution < 1.29 is 9.59 Å². The van der Waals surface area contributed by atoms with Gasteiger partial charge in [0.2, 0.25) is 5.91 Å². The second kappa shape index (κ2) is 12.0. The lowest BCUT2D eigenvalue weighted by molar-refractivity contribution is -0.119. The zero-order valence-electron chi connectivity index (χ0n) is 22.1. The summed E-state index contributed by atoms with van der Waals surface area (Å²) in [6.45, 7) is 4.98. The third-order valence-electron chi connectivity index (χ3n) is 6.53. The van der Waals surface area contributed by atoms with Crippen molar-refractivity contribution in [3.8, 4) is 0 Å². The number of allylic oxidation sites excluding steroid dienone is 1. The zero-order valence-corrected chi connectivity index (χ0v) is 22.9. The van der Waals surface area contributed by atoms with Crippen molar-refractivity contribution in [3.05, 3.63) is 105 Å². The summed E-state index contributed by atoms with van der Waals surface area (Å²) in [6, 6.07) is 19.3. The molecule has 1 heterocycles. The van der Waals surface area contributed by atoms with Crippen LogP contribution in [0.5, 0.6) is 0 Å². The van der Waals surface area contributed by atoms with Crippen molar-refractivity contribution in [2.45, 2.75) is 26.7 Å². The summed E-state index contributed by atoms with van der Waals surface area (Å²) >= 11 is 1.40. The number of hydrogen-bond acceptors (Lipinski definition) is 6. The Labute approximate surface area is 227 Å². The number of aldehydes is 1. The monoisotopic (exact) mass is 525 g/mol. The molecule has 5 rings (SSSR count). The van der Waals surface area contributed by atoms with E-state index in [1.807, 2.05) is 56.5 Å². The van der Waals surface area contributed by atoms with E-state index in [0.717, 1.165) is 52.4 Å². The molecule has 1 N–H and O–H groups in total. The lowest BCUT2D eigenvalue weighted by Crippen LogP contribution is -2.29. The summed E-state index contributed by atoms with van der Waals surface area (Å²) in [5, 5.41) is 4.95. The second-order valence-corrected chi connectivity index (χ2v) is 10.1. The van der Waals surface area contributed by atoms with E-state index in [1.165, 1.54) is 28.6 Å². The molecule has 0 atom stereocenters. The minimum atomic E-state index is -0.141. The highest BCUT2D eigenvalue weighted by Crippen LogP contribution is 2.30. The molecule has 4 aromatic carbocycles. The minimum absolute atomic E-state index is 0.0845. The van der Waals surface area contributed by atoms with E-state index in [2.05, 4.69) is 35.5 Å². The Morgan fingerprint density at radius 2 is 1.84 bits per heavy atom. The van der Waals surface area contributed by atoms with Crippen molar-refractivity contribution in [1.29, 1.82) is 0 Å². The first-order chi connectivity index (χ1) is 18.3. The standard InChI is InChI=1S/C23H23N3O2S.C8H8O/c1-4-19(15-6-8-20-16(13-15)9-10-26(20)2)24-23(29-3)25-21(27)12-14-5-7-17-18(11-14)22(17)28;1-7-2-4-8(6-9)5-3-7/h4-8,11,13H,9-10,12H2,1-3H3,(H,24,25,27);2-6H,1H3/b19-4+;. The van der Waals surface area contributed by atoms with Crippen LogP contribution in [0.3, 0.4) is 0 Å².